The number of nitrogens with zero attached hydrogens (tertiary/aromatic N) is 3. The van der Waals surface area contributed by atoms with Crippen molar-refractivity contribution in [2.75, 3.05) is 11.4 Å². The van der Waals surface area contributed by atoms with Crippen molar-refractivity contribution in [2.24, 2.45) is 5.73 Å². The highest BCUT2D eigenvalue weighted by molar-refractivity contribution is 7.17. The molecule has 1 aliphatic carbocycles. The Morgan fingerprint density at radius 1 is 1.19 bits per heavy atom. The lowest BCUT2D eigenvalue weighted by Crippen LogP contribution is -2.66. The molecule has 0 aromatic carbocycles. The summed E-state index contributed by atoms with van der Waals surface area (Å²) in [5.41, 5.74) is -0.642. The number of amides is 1. The number of aliphatic hydroxyl groups is 1. The van der Waals surface area contributed by atoms with Gasteiger partial charge in [0.25, 0.3) is 5.91 Å². The topological polar surface area (TPSA) is 92.3 Å². The number of hydrogen-bond donors (Lipinski definition) is 2. The minimum absolute atomic E-state index is 0.0617. The third kappa shape index (κ3) is 4.53. The second-order valence-corrected chi connectivity index (χ2v) is 9.29. The Kier molecular flexibility index (Phi) is 5.96. The molecule has 1 fully saturated rings. The van der Waals surface area contributed by atoms with Gasteiger partial charge in [-0.05, 0) is 39.2 Å². The average Bonchev–Trinajstić information content (AvgIpc) is 3.06. The zero-order valence-corrected chi connectivity index (χ0v) is 17.8. The van der Waals surface area contributed by atoms with Crippen LogP contribution in [0.5, 0.6) is 0 Å². The summed E-state index contributed by atoms with van der Waals surface area (Å²) < 4.78 is 83.6. The third-order valence-electron chi connectivity index (χ3n) is 5.22. The van der Waals surface area contributed by atoms with E-state index in [0.29, 0.717) is 17.4 Å². The van der Waals surface area contributed by atoms with Gasteiger partial charge >= 0.3 is 12.4 Å². The average molecular weight is 482 g/mol. The van der Waals surface area contributed by atoms with Crippen LogP contribution in [0.2, 0.25) is 0 Å². The number of thiazole rings is 1. The number of primary amides is 1. The van der Waals surface area contributed by atoms with Crippen molar-refractivity contribution < 1.29 is 36.2 Å². The minimum atomic E-state index is -4.94. The van der Waals surface area contributed by atoms with E-state index in [1.54, 1.807) is 0 Å². The number of anilines is 1. The molecule has 0 radical (unpaired) electrons. The molecule has 0 aliphatic heterocycles. The molecule has 6 nitrogen and oxygen atoms in total. The van der Waals surface area contributed by atoms with Crippen LogP contribution < -0.4 is 10.6 Å². The number of nitrogens with two attached hydrogens (primary N) is 1. The molecule has 2 heterocycles. The molecule has 0 atom stereocenters. The zero-order valence-electron chi connectivity index (χ0n) is 17.0. The molecule has 3 N–H and O–H groups in total. The number of β-amino-alcohol motifs (C(OH)–C–C–N with tert-alkyl or cyclic N) is 1. The molecule has 32 heavy (non-hydrogen) atoms. The van der Waals surface area contributed by atoms with Crippen molar-refractivity contribution in [1.82, 2.24) is 9.97 Å². The Bertz CT molecular complexity index is 1010. The molecule has 0 unspecified atom stereocenters. The van der Waals surface area contributed by atoms with Crippen LogP contribution in [0.3, 0.4) is 0 Å². The molecule has 176 valence electrons. The fraction of sp³-hybridized carbons (Fsp3) is 0.526. The van der Waals surface area contributed by atoms with E-state index in [1.165, 1.54) is 13.8 Å². The monoisotopic (exact) mass is 482 g/mol. The first-order valence-electron chi connectivity index (χ1n) is 9.45. The van der Waals surface area contributed by atoms with Gasteiger partial charge < -0.3 is 15.7 Å². The van der Waals surface area contributed by atoms with E-state index in [-0.39, 0.29) is 29.1 Å². The van der Waals surface area contributed by atoms with Crippen LogP contribution in [0.1, 0.15) is 48.5 Å². The normalized spacial score (nSPS) is 16.5. The summed E-state index contributed by atoms with van der Waals surface area (Å²) in [5.74, 6) is -1.48. The second-order valence-electron chi connectivity index (χ2n) is 8.26. The highest BCUT2D eigenvalue weighted by Gasteiger charge is 2.62. The Morgan fingerprint density at radius 3 is 2.22 bits per heavy atom. The van der Waals surface area contributed by atoms with E-state index in [0.717, 1.165) is 17.3 Å². The number of hydrogen-bond acceptors (Lipinski definition) is 6. The van der Waals surface area contributed by atoms with Crippen LogP contribution in [0.25, 0.3) is 10.4 Å². The lowest BCUT2D eigenvalue weighted by atomic mass is 9.74. The van der Waals surface area contributed by atoms with E-state index < -0.39 is 52.9 Å². The smallest absolute Gasteiger partial charge is 0.389 e. The molecule has 1 amide bonds. The maximum Gasteiger partial charge on any atom is 0.417 e. The van der Waals surface area contributed by atoms with E-state index in [2.05, 4.69) is 9.97 Å². The van der Waals surface area contributed by atoms with Crippen molar-refractivity contribution >= 4 is 23.1 Å². The first kappa shape index (κ1) is 24.2. The number of pyridine rings is 1. The van der Waals surface area contributed by atoms with E-state index in [4.69, 9.17) is 5.73 Å². The van der Waals surface area contributed by atoms with Crippen molar-refractivity contribution in [1.29, 1.82) is 0 Å². The SMILES string of the molecule is CC(C)(O)CN(c1cc(C(F)(F)F)c(-c2cnc(C(N)=O)s2)cn1)C1(C(F)(F)F)CCC1. The molecule has 0 saturated heterocycles. The number of halogens is 6. The number of aromatic nitrogens is 2. The summed E-state index contributed by atoms with van der Waals surface area (Å²) in [6, 6.07) is 0.538. The summed E-state index contributed by atoms with van der Waals surface area (Å²) in [7, 11) is 0. The fourth-order valence-electron chi connectivity index (χ4n) is 3.59. The van der Waals surface area contributed by atoms with Gasteiger partial charge in [-0.15, -0.1) is 11.3 Å². The van der Waals surface area contributed by atoms with Crippen molar-refractivity contribution in [3.8, 4) is 10.4 Å². The van der Waals surface area contributed by atoms with Crippen LogP contribution >= 0.6 is 11.3 Å². The maximum absolute atomic E-state index is 14.0. The highest BCUT2D eigenvalue weighted by atomic mass is 32.1. The van der Waals surface area contributed by atoms with Crippen molar-refractivity contribution in [3.05, 3.63) is 29.0 Å². The van der Waals surface area contributed by atoms with Gasteiger partial charge in [0.05, 0.1) is 16.0 Å². The number of carbonyl (C=O) groups is 1. The van der Waals surface area contributed by atoms with Gasteiger partial charge in [-0.2, -0.15) is 26.3 Å². The minimum Gasteiger partial charge on any atom is -0.389 e. The molecule has 0 spiro atoms. The van der Waals surface area contributed by atoms with Gasteiger partial charge in [0.2, 0.25) is 0 Å². The quantitative estimate of drug-likeness (QED) is 0.596. The van der Waals surface area contributed by atoms with Crippen LogP contribution in [-0.4, -0.2) is 44.8 Å². The summed E-state index contributed by atoms with van der Waals surface area (Å²) in [6.07, 6.45) is -8.27. The molecule has 2 aromatic rings. The number of carbonyl (C=O) groups excluding carboxylic acids is 1. The van der Waals surface area contributed by atoms with Gasteiger partial charge in [-0.25, -0.2) is 9.97 Å². The number of alkyl halides is 6. The van der Waals surface area contributed by atoms with Gasteiger partial charge in [0.15, 0.2) is 5.01 Å². The van der Waals surface area contributed by atoms with E-state index in [9.17, 15) is 36.2 Å². The lowest BCUT2D eigenvalue weighted by Gasteiger charge is -2.52. The summed E-state index contributed by atoms with van der Waals surface area (Å²) >= 11 is 0.615. The van der Waals surface area contributed by atoms with Crippen molar-refractivity contribution in [2.45, 2.75) is 56.6 Å². The first-order valence-corrected chi connectivity index (χ1v) is 10.3. The second kappa shape index (κ2) is 7.87. The van der Waals surface area contributed by atoms with Gasteiger partial charge in [0.1, 0.15) is 11.4 Å². The molecule has 2 aromatic heterocycles. The van der Waals surface area contributed by atoms with Crippen LogP contribution in [-0.2, 0) is 6.18 Å². The molecular formula is C19H20F6N4O2S. The third-order valence-corrected chi connectivity index (χ3v) is 6.27. The first-order chi connectivity index (χ1) is 14.6. The van der Waals surface area contributed by atoms with Gasteiger partial charge in [-0.1, -0.05) is 0 Å². The Morgan fingerprint density at radius 2 is 1.81 bits per heavy atom. The number of rotatable bonds is 6. The predicted octanol–water partition coefficient (Wildman–Crippen LogP) is 4.39. The van der Waals surface area contributed by atoms with Gasteiger partial charge in [-0.3, -0.25) is 4.79 Å². The van der Waals surface area contributed by atoms with E-state index >= 15 is 0 Å². The largest absolute Gasteiger partial charge is 0.417 e. The standard InChI is InChI=1S/C19H20F6N4O2S/c1-16(2,31)9-29(17(4-3-5-17)19(23,24)25)13-6-11(18(20,21)22)10(7-27-13)12-8-28-15(32-12)14(26)30/h6-8,31H,3-5,9H2,1-2H3,(H2,26,30). The van der Waals surface area contributed by atoms with Crippen molar-refractivity contribution in [3.63, 3.8) is 0 Å². The Hall–Kier alpha value is -2.41. The predicted molar refractivity (Wildman–Crippen MR) is 105 cm³/mol. The molecule has 3 rings (SSSR count). The summed E-state index contributed by atoms with van der Waals surface area (Å²) in [6.45, 7) is 1.96. The van der Waals surface area contributed by atoms with E-state index in [1.807, 2.05) is 0 Å². The summed E-state index contributed by atoms with van der Waals surface area (Å²) in [4.78, 5) is 19.5. The van der Waals surface area contributed by atoms with Crippen LogP contribution in [0.15, 0.2) is 18.5 Å². The molecular weight excluding hydrogens is 462 g/mol. The maximum atomic E-state index is 14.0. The fourth-order valence-corrected chi connectivity index (χ4v) is 4.38. The Balaban J connectivity index is 2.17. The molecule has 0 bridgehead atoms. The van der Waals surface area contributed by atoms with Crippen LogP contribution in [0.4, 0.5) is 32.2 Å². The molecule has 1 saturated carbocycles. The molecule has 1 aliphatic rings. The summed E-state index contributed by atoms with van der Waals surface area (Å²) in [5, 5.41) is 9.99. The molecule has 13 heteroatoms. The van der Waals surface area contributed by atoms with Gasteiger partial charge in [0, 0.05) is 24.5 Å². The Labute approximate surface area is 183 Å². The highest BCUT2D eigenvalue weighted by Crippen LogP contribution is 2.52. The van der Waals surface area contributed by atoms with Crippen LogP contribution in [0, 0.1) is 0 Å². The zero-order chi connectivity index (χ0) is 24.1. The lowest BCUT2D eigenvalue weighted by molar-refractivity contribution is -0.210.